The third-order valence-electron chi connectivity index (χ3n) is 4.97. The zero-order valence-corrected chi connectivity index (χ0v) is 17.0. The lowest BCUT2D eigenvalue weighted by Crippen LogP contribution is -2.26. The molecule has 23 heavy (non-hydrogen) atoms. The van der Waals surface area contributed by atoms with Crippen LogP contribution in [0.5, 0.6) is 5.75 Å². The van der Waals surface area contributed by atoms with E-state index in [1.807, 2.05) is 0 Å². The topological polar surface area (TPSA) is 20.2 Å². The van der Waals surface area contributed by atoms with Gasteiger partial charge in [-0.3, -0.25) is 0 Å². The Balaban J connectivity index is 3.52. The van der Waals surface area contributed by atoms with Crippen LogP contribution in [0.25, 0.3) is 0 Å². The Bertz CT molecular complexity index is 468. The summed E-state index contributed by atoms with van der Waals surface area (Å²) in [6.45, 7) is 22.7. The third-order valence-corrected chi connectivity index (χ3v) is 4.97. The van der Waals surface area contributed by atoms with E-state index in [-0.39, 0.29) is 10.8 Å². The quantitative estimate of drug-likeness (QED) is 0.636. The van der Waals surface area contributed by atoms with Gasteiger partial charge in [-0.15, -0.1) is 0 Å². The van der Waals surface area contributed by atoms with Gasteiger partial charge in [0.05, 0.1) is 0 Å². The lowest BCUT2D eigenvalue weighted by molar-refractivity contribution is 0.240. The first-order valence-corrected chi connectivity index (χ1v) is 9.10. The predicted octanol–water partition coefficient (Wildman–Crippen LogP) is 6.96. The second kappa shape index (κ2) is 6.87. The minimum absolute atomic E-state index is 0.124. The number of benzene rings is 1. The molecule has 1 aromatic carbocycles. The highest BCUT2D eigenvalue weighted by Crippen LogP contribution is 2.49. The van der Waals surface area contributed by atoms with Crippen LogP contribution in [-0.2, 0) is 0 Å². The van der Waals surface area contributed by atoms with Crippen molar-refractivity contribution < 1.29 is 5.11 Å². The van der Waals surface area contributed by atoms with Crippen LogP contribution in [0.3, 0.4) is 0 Å². The molecule has 1 heteroatoms. The second-order valence-corrected chi connectivity index (χ2v) is 9.96. The largest absolute Gasteiger partial charge is 0.507 e. The van der Waals surface area contributed by atoms with Gasteiger partial charge >= 0.3 is 0 Å². The second-order valence-electron chi connectivity index (χ2n) is 9.96. The molecule has 132 valence electrons. The lowest BCUT2D eigenvalue weighted by Gasteiger charge is -2.38. The highest BCUT2D eigenvalue weighted by molar-refractivity contribution is 5.46. The van der Waals surface area contributed by atoms with E-state index < -0.39 is 0 Å². The van der Waals surface area contributed by atoms with E-state index in [1.165, 1.54) is 0 Å². The Labute approximate surface area is 144 Å². The van der Waals surface area contributed by atoms with Crippen LogP contribution in [0, 0.1) is 22.7 Å². The van der Waals surface area contributed by atoms with Crippen molar-refractivity contribution in [3.63, 3.8) is 0 Å². The van der Waals surface area contributed by atoms with E-state index in [0.29, 0.717) is 29.4 Å². The van der Waals surface area contributed by atoms with Crippen molar-refractivity contribution in [1.29, 1.82) is 0 Å². The average Bonchev–Trinajstić information content (AvgIpc) is 2.29. The van der Waals surface area contributed by atoms with Gasteiger partial charge in [0.15, 0.2) is 0 Å². The summed E-state index contributed by atoms with van der Waals surface area (Å²) >= 11 is 0. The van der Waals surface area contributed by atoms with Crippen LogP contribution < -0.4 is 0 Å². The maximum absolute atomic E-state index is 11.2. The van der Waals surface area contributed by atoms with Gasteiger partial charge < -0.3 is 5.11 Å². The zero-order chi connectivity index (χ0) is 18.2. The van der Waals surface area contributed by atoms with Crippen LogP contribution in [0.4, 0.5) is 0 Å². The molecule has 0 heterocycles. The SMILES string of the molecule is CC(C)C(c1cccc(C(C(C)C)C(C)(C)C)c1O)C(C)(C)C. The molecule has 0 aliphatic carbocycles. The van der Waals surface area contributed by atoms with E-state index in [2.05, 4.69) is 87.4 Å². The number of para-hydroxylation sites is 1. The Morgan fingerprint density at radius 2 is 1.00 bits per heavy atom. The summed E-state index contributed by atoms with van der Waals surface area (Å²) in [6, 6.07) is 6.37. The van der Waals surface area contributed by atoms with E-state index in [1.54, 1.807) is 0 Å². The number of hydrogen-bond acceptors (Lipinski definition) is 1. The van der Waals surface area contributed by atoms with Gasteiger partial charge in [0.1, 0.15) is 5.75 Å². The highest BCUT2D eigenvalue weighted by Gasteiger charge is 2.35. The summed E-state index contributed by atoms with van der Waals surface area (Å²) in [4.78, 5) is 0. The molecule has 0 saturated heterocycles. The maximum Gasteiger partial charge on any atom is 0.122 e. The first-order valence-electron chi connectivity index (χ1n) is 9.10. The molecule has 1 rings (SSSR count). The number of phenols is 1. The van der Waals surface area contributed by atoms with Crippen molar-refractivity contribution in [3.8, 4) is 5.75 Å². The average molecular weight is 319 g/mol. The molecule has 0 aliphatic rings. The molecule has 0 amide bonds. The zero-order valence-electron chi connectivity index (χ0n) is 17.0. The van der Waals surface area contributed by atoms with Crippen molar-refractivity contribution in [2.75, 3.05) is 0 Å². The van der Waals surface area contributed by atoms with E-state index in [0.717, 1.165) is 11.1 Å². The fraction of sp³-hybridized carbons (Fsp3) is 0.727. The smallest absolute Gasteiger partial charge is 0.122 e. The number of aromatic hydroxyl groups is 1. The molecule has 0 saturated carbocycles. The van der Waals surface area contributed by atoms with Crippen LogP contribution in [-0.4, -0.2) is 5.11 Å². The molecule has 0 bridgehead atoms. The molecule has 2 atom stereocenters. The highest BCUT2D eigenvalue weighted by atomic mass is 16.3. The van der Waals surface area contributed by atoms with E-state index in [9.17, 15) is 5.11 Å². The van der Waals surface area contributed by atoms with Crippen molar-refractivity contribution in [1.82, 2.24) is 0 Å². The monoisotopic (exact) mass is 318 g/mol. The van der Waals surface area contributed by atoms with Crippen LogP contribution in [0.15, 0.2) is 18.2 Å². The summed E-state index contributed by atoms with van der Waals surface area (Å²) < 4.78 is 0. The van der Waals surface area contributed by atoms with Crippen molar-refractivity contribution in [3.05, 3.63) is 29.3 Å². The molecular formula is C22H38O. The fourth-order valence-corrected chi connectivity index (χ4v) is 4.73. The molecule has 2 unspecified atom stereocenters. The summed E-state index contributed by atoms with van der Waals surface area (Å²) in [5, 5.41) is 11.2. The molecule has 0 spiro atoms. The van der Waals surface area contributed by atoms with Crippen molar-refractivity contribution in [2.45, 2.75) is 81.1 Å². The lowest BCUT2D eigenvalue weighted by atomic mass is 9.67. The summed E-state index contributed by atoms with van der Waals surface area (Å²) in [5.74, 6) is 2.19. The van der Waals surface area contributed by atoms with Crippen molar-refractivity contribution >= 4 is 0 Å². The Kier molecular flexibility index (Phi) is 5.99. The van der Waals surface area contributed by atoms with Crippen LogP contribution in [0.1, 0.15) is 92.2 Å². The number of phenolic OH excluding ortho intramolecular Hbond substituents is 1. The first-order chi connectivity index (χ1) is 10.3. The molecule has 1 nitrogen and oxygen atoms in total. The number of hydrogen-bond donors (Lipinski definition) is 1. The number of rotatable bonds is 4. The van der Waals surface area contributed by atoms with Gasteiger partial charge in [0.25, 0.3) is 0 Å². The van der Waals surface area contributed by atoms with Gasteiger partial charge in [0, 0.05) is 0 Å². The van der Waals surface area contributed by atoms with Crippen LogP contribution >= 0.6 is 0 Å². The fourth-order valence-electron chi connectivity index (χ4n) is 4.73. The standard InChI is InChI=1S/C22H38O/c1-14(2)18(21(5,6)7)16-12-11-13-17(20(16)23)19(15(3)4)22(8,9)10/h11-15,18-19,23H,1-10H3. The Hall–Kier alpha value is -0.980. The molecule has 0 radical (unpaired) electrons. The third kappa shape index (κ3) is 4.52. The van der Waals surface area contributed by atoms with E-state index >= 15 is 0 Å². The van der Waals surface area contributed by atoms with Gasteiger partial charge in [-0.2, -0.15) is 0 Å². The maximum atomic E-state index is 11.2. The van der Waals surface area contributed by atoms with Gasteiger partial charge in [-0.25, -0.2) is 0 Å². The Morgan fingerprint density at radius 3 is 1.22 bits per heavy atom. The minimum atomic E-state index is 0.124. The summed E-state index contributed by atoms with van der Waals surface area (Å²) in [5.41, 5.74) is 2.47. The van der Waals surface area contributed by atoms with Crippen molar-refractivity contribution in [2.24, 2.45) is 22.7 Å². The summed E-state index contributed by atoms with van der Waals surface area (Å²) in [7, 11) is 0. The molecular weight excluding hydrogens is 280 g/mol. The molecule has 1 aromatic rings. The van der Waals surface area contributed by atoms with Crippen LogP contribution in [0.2, 0.25) is 0 Å². The predicted molar refractivity (Wildman–Crippen MR) is 102 cm³/mol. The molecule has 0 aromatic heterocycles. The van der Waals surface area contributed by atoms with Gasteiger partial charge in [-0.05, 0) is 45.6 Å². The molecule has 0 aliphatic heterocycles. The molecule has 1 N–H and O–H groups in total. The Morgan fingerprint density at radius 1 is 0.696 bits per heavy atom. The first kappa shape index (κ1) is 20.1. The minimum Gasteiger partial charge on any atom is -0.507 e. The van der Waals surface area contributed by atoms with Gasteiger partial charge in [0.2, 0.25) is 0 Å². The normalized spacial score (nSPS) is 16.0. The van der Waals surface area contributed by atoms with Gasteiger partial charge in [-0.1, -0.05) is 87.4 Å². The molecule has 0 fully saturated rings. The van der Waals surface area contributed by atoms with E-state index in [4.69, 9.17) is 0 Å². The summed E-state index contributed by atoms with van der Waals surface area (Å²) in [6.07, 6.45) is 0.